The number of carbonyl (C=O) groups excluding carboxylic acids is 1. The summed E-state index contributed by atoms with van der Waals surface area (Å²) in [6, 6.07) is 4.01. The number of hydrogen-bond donors (Lipinski definition) is 1. The lowest BCUT2D eigenvalue weighted by Gasteiger charge is -2.04. The van der Waals surface area contributed by atoms with Gasteiger partial charge in [-0.2, -0.15) is 4.68 Å². The van der Waals surface area contributed by atoms with Gasteiger partial charge in [0.15, 0.2) is 5.02 Å². The minimum absolute atomic E-state index is 0.0203. The zero-order chi connectivity index (χ0) is 20.3. The van der Waals surface area contributed by atoms with E-state index in [1.165, 1.54) is 40.1 Å². The molecule has 0 unspecified atom stereocenters. The van der Waals surface area contributed by atoms with E-state index in [0.29, 0.717) is 5.56 Å². The molecule has 2 aromatic heterocycles. The molecular formula is C15H12Cl2FN7O3. The minimum Gasteiger partial charge on any atom is -0.358 e. The molecule has 0 aliphatic carbocycles. The molecule has 0 aliphatic heterocycles. The fourth-order valence-electron chi connectivity index (χ4n) is 2.28. The summed E-state index contributed by atoms with van der Waals surface area (Å²) in [6.45, 7) is 0.336. The number of carbonyl (C=O) groups is 1. The van der Waals surface area contributed by atoms with E-state index in [2.05, 4.69) is 20.5 Å². The molecule has 1 N–H and O–H groups in total. The van der Waals surface area contributed by atoms with E-state index < -0.39 is 22.5 Å². The van der Waals surface area contributed by atoms with E-state index in [4.69, 9.17) is 23.2 Å². The van der Waals surface area contributed by atoms with E-state index in [0.717, 1.165) is 0 Å². The molecule has 13 heteroatoms. The Morgan fingerprint density at radius 1 is 1.25 bits per heavy atom. The van der Waals surface area contributed by atoms with Crippen molar-refractivity contribution in [3.8, 4) is 0 Å². The summed E-state index contributed by atoms with van der Waals surface area (Å²) in [5.74, 6) is -1.24. The number of rotatable bonds is 7. The van der Waals surface area contributed by atoms with Crippen molar-refractivity contribution in [3.05, 3.63) is 62.3 Å². The summed E-state index contributed by atoms with van der Waals surface area (Å²) in [6.07, 6.45) is 2.64. The maximum Gasteiger partial charge on any atom is 0.408 e. The zero-order valence-electron chi connectivity index (χ0n) is 14.0. The summed E-state index contributed by atoms with van der Waals surface area (Å²) >= 11 is 11.7. The number of anilines is 1. The average molecular weight is 428 g/mol. The highest BCUT2D eigenvalue weighted by Crippen LogP contribution is 2.21. The Morgan fingerprint density at radius 2 is 2.04 bits per heavy atom. The second kappa shape index (κ2) is 8.31. The predicted molar refractivity (Wildman–Crippen MR) is 97.7 cm³/mol. The SMILES string of the molecule is O=C(CCn1cc(Cl)c([N+](=O)[O-])n1)Nc1ncn(Cc2ccc(F)cc2Cl)n1. The summed E-state index contributed by atoms with van der Waals surface area (Å²) < 4.78 is 15.7. The van der Waals surface area contributed by atoms with Gasteiger partial charge < -0.3 is 10.1 Å². The van der Waals surface area contributed by atoms with Crippen LogP contribution in [0.5, 0.6) is 0 Å². The largest absolute Gasteiger partial charge is 0.408 e. The molecule has 3 rings (SSSR count). The van der Waals surface area contributed by atoms with Crippen molar-refractivity contribution in [2.45, 2.75) is 19.5 Å². The van der Waals surface area contributed by atoms with Gasteiger partial charge in [0.05, 0.1) is 24.4 Å². The third-order valence-electron chi connectivity index (χ3n) is 3.58. The molecule has 2 heterocycles. The molecule has 1 aromatic carbocycles. The first-order valence-electron chi connectivity index (χ1n) is 7.82. The standard InChI is InChI=1S/C15H12Cl2FN7O3/c16-11-5-10(18)2-1-9(11)6-24-8-19-15(22-24)20-13(26)3-4-23-7-12(17)14(21-23)25(27)28/h1-2,5,7-8H,3-4,6H2,(H,20,22,26). The van der Waals surface area contributed by atoms with Gasteiger partial charge in [-0.15, -0.1) is 5.10 Å². The molecule has 1 amide bonds. The van der Waals surface area contributed by atoms with Crippen molar-refractivity contribution in [1.29, 1.82) is 0 Å². The number of nitrogens with zero attached hydrogens (tertiary/aromatic N) is 6. The second-order valence-electron chi connectivity index (χ2n) is 5.62. The fourth-order valence-corrected chi connectivity index (χ4v) is 2.73. The minimum atomic E-state index is -0.706. The van der Waals surface area contributed by atoms with E-state index in [1.807, 2.05) is 0 Å². The van der Waals surface area contributed by atoms with Crippen LogP contribution >= 0.6 is 23.2 Å². The smallest absolute Gasteiger partial charge is 0.358 e. The third kappa shape index (κ3) is 4.81. The Kier molecular flexibility index (Phi) is 5.85. The van der Waals surface area contributed by atoms with E-state index in [9.17, 15) is 19.3 Å². The van der Waals surface area contributed by atoms with Crippen LogP contribution in [0.4, 0.5) is 16.2 Å². The Bertz CT molecular complexity index is 1040. The van der Waals surface area contributed by atoms with Gasteiger partial charge in [-0.05, 0) is 22.6 Å². The molecule has 0 fully saturated rings. The fraction of sp³-hybridized carbons (Fsp3) is 0.200. The highest BCUT2D eigenvalue weighted by atomic mass is 35.5. The summed E-state index contributed by atoms with van der Waals surface area (Å²) in [4.78, 5) is 26.0. The number of halogens is 3. The highest BCUT2D eigenvalue weighted by molar-refractivity contribution is 6.32. The van der Waals surface area contributed by atoms with Gasteiger partial charge in [-0.25, -0.2) is 14.1 Å². The molecule has 0 atom stereocenters. The molecule has 0 spiro atoms. The summed E-state index contributed by atoms with van der Waals surface area (Å²) in [5, 5.41) is 21.1. The molecule has 0 radical (unpaired) electrons. The number of nitrogens with one attached hydrogen (secondary N) is 1. The van der Waals surface area contributed by atoms with Gasteiger partial charge in [0.25, 0.3) is 0 Å². The maximum absolute atomic E-state index is 13.1. The monoisotopic (exact) mass is 427 g/mol. The van der Waals surface area contributed by atoms with Crippen LogP contribution in [0.15, 0.2) is 30.7 Å². The van der Waals surface area contributed by atoms with Crippen molar-refractivity contribution >= 4 is 40.9 Å². The Labute approximate surface area is 167 Å². The Morgan fingerprint density at radius 3 is 2.71 bits per heavy atom. The van der Waals surface area contributed by atoms with Crippen molar-refractivity contribution in [3.63, 3.8) is 0 Å². The van der Waals surface area contributed by atoms with Crippen molar-refractivity contribution in [2.75, 3.05) is 5.32 Å². The number of benzene rings is 1. The Balaban J connectivity index is 1.55. The average Bonchev–Trinajstić information content (AvgIpc) is 3.22. The summed E-state index contributed by atoms with van der Waals surface area (Å²) in [7, 11) is 0. The predicted octanol–water partition coefficient (Wildman–Crippen LogP) is 2.91. The van der Waals surface area contributed by atoms with E-state index in [1.54, 1.807) is 0 Å². The van der Waals surface area contributed by atoms with Crippen LogP contribution in [0.1, 0.15) is 12.0 Å². The number of amides is 1. The highest BCUT2D eigenvalue weighted by Gasteiger charge is 2.19. The second-order valence-corrected chi connectivity index (χ2v) is 6.43. The normalized spacial score (nSPS) is 10.8. The molecule has 0 aliphatic rings. The number of hydrogen-bond acceptors (Lipinski definition) is 6. The van der Waals surface area contributed by atoms with Gasteiger partial charge in [0, 0.05) is 11.4 Å². The lowest BCUT2D eigenvalue weighted by molar-refractivity contribution is -0.389. The number of aryl methyl sites for hydroxylation is 1. The van der Waals surface area contributed by atoms with Gasteiger partial charge in [0.1, 0.15) is 12.1 Å². The molecule has 0 saturated heterocycles. The molecule has 28 heavy (non-hydrogen) atoms. The van der Waals surface area contributed by atoms with Crippen LogP contribution in [0.25, 0.3) is 0 Å². The first-order valence-corrected chi connectivity index (χ1v) is 8.58. The first kappa shape index (κ1) is 19.7. The van der Waals surface area contributed by atoms with Crippen LogP contribution in [0, 0.1) is 15.9 Å². The third-order valence-corrected chi connectivity index (χ3v) is 4.19. The zero-order valence-corrected chi connectivity index (χ0v) is 15.6. The quantitative estimate of drug-likeness (QED) is 0.456. The van der Waals surface area contributed by atoms with E-state index >= 15 is 0 Å². The first-order chi connectivity index (χ1) is 13.3. The van der Waals surface area contributed by atoms with Crippen LogP contribution in [0.3, 0.4) is 0 Å². The molecule has 10 nitrogen and oxygen atoms in total. The molecular weight excluding hydrogens is 416 g/mol. The summed E-state index contributed by atoms with van der Waals surface area (Å²) in [5.41, 5.74) is 0.642. The van der Waals surface area contributed by atoms with Crippen molar-refractivity contribution in [2.24, 2.45) is 0 Å². The molecule has 0 bridgehead atoms. The van der Waals surface area contributed by atoms with Crippen molar-refractivity contribution < 1.29 is 14.1 Å². The van der Waals surface area contributed by atoms with E-state index in [-0.39, 0.29) is 35.5 Å². The lowest BCUT2D eigenvalue weighted by Crippen LogP contribution is -2.16. The van der Waals surface area contributed by atoms with Gasteiger partial charge >= 0.3 is 5.82 Å². The number of aromatic nitrogens is 5. The maximum atomic E-state index is 13.1. The van der Waals surface area contributed by atoms with Gasteiger partial charge in [-0.1, -0.05) is 29.3 Å². The van der Waals surface area contributed by atoms with Crippen LogP contribution in [-0.2, 0) is 17.9 Å². The van der Waals surface area contributed by atoms with Crippen LogP contribution in [-0.4, -0.2) is 35.4 Å². The molecule has 3 aromatic rings. The number of nitro groups is 1. The van der Waals surface area contributed by atoms with Crippen LogP contribution < -0.4 is 5.32 Å². The molecule has 0 saturated carbocycles. The lowest BCUT2D eigenvalue weighted by atomic mass is 10.2. The molecule has 146 valence electrons. The van der Waals surface area contributed by atoms with Gasteiger partial charge in [0.2, 0.25) is 11.9 Å². The van der Waals surface area contributed by atoms with Gasteiger partial charge in [-0.3, -0.25) is 10.1 Å². The van der Waals surface area contributed by atoms with Crippen LogP contribution in [0.2, 0.25) is 10.0 Å². The van der Waals surface area contributed by atoms with Crippen molar-refractivity contribution in [1.82, 2.24) is 24.5 Å². The Hall–Kier alpha value is -3.05. The topological polar surface area (TPSA) is 121 Å².